The van der Waals surface area contributed by atoms with E-state index < -0.39 is 36.2 Å². The molecule has 0 aliphatic carbocycles. The standard InChI is InChI=1S/C16H10F3N2O2.3C4H9.Sn/c17-16(18,19)15(20-21-15)13-8-6-11(7-9-13)10-23-14(22)12-4-2-1-3-5-12;3*1-3-4-2;/h1-6,8-9H,10H2;3*1,3-4H2,2H3;. The first-order valence-electron chi connectivity index (χ1n) is 13.1. The first-order chi connectivity index (χ1) is 17.2. The zero-order valence-electron chi connectivity index (χ0n) is 21.5. The second-order valence-electron chi connectivity index (χ2n) is 9.78. The van der Waals surface area contributed by atoms with Crippen LogP contribution >= 0.6 is 0 Å². The number of halogens is 3. The van der Waals surface area contributed by atoms with Crippen LogP contribution < -0.4 is 3.58 Å². The Labute approximate surface area is 216 Å². The summed E-state index contributed by atoms with van der Waals surface area (Å²) < 4.78 is 51.8. The summed E-state index contributed by atoms with van der Waals surface area (Å²) in [7, 11) is 0. The van der Waals surface area contributed by atoms with E-state index >= 15 is 0 Å². The fraction of sp³-hybridized carbons (Fsp3) is 0.536. The van der Waals surface area contributed by atoms with Crippen LogP contribution in [0.2, 0.25) is 13.3 Å². The fourth-order valence-electron chi connectivity index (χ4n) is 4.98. The molecule has 4 nitrogen and oxygen atoms in total. The molecule has 0 aromatic heterocycles. The quantitative estimate of drug-likeness (QED) is 0.160. The molecular weight excluding hydrogens is 572 g/mol. The maximum absolute atomic E-state index is 13.9. The van der Waals surface area contributed by atoms with Gasteiger partial charge in [-0.3, -0.25) is 0 Å². The minimum absolute atomic E-state index is 0.0552. The summed E-state index contributed by atoms with van der Waals surface area (Å²) in [6, 6.07) is 13.7. The first kappa shape index (κ1) is 28.7. The summed E-state index contributed by atoms with van der Waals surface area (Å²) in [5.74, 6) is -0.430. The molecule has 1 heterocycles. The molecule has 36 heavy (non-hydrogen) atoms. The van der Waals surface area contributed by atoms with Gasteiger partial charge in [0.1, 0.15) is 0 Å². The van der Waals surface area contributed by atoms with E-state index in [0.29, 0.717) is 5.56 Å². The van der Waals surface area contributed by atoms with Crippen molar-refractivity contribution in [1.29, 1.82) is 0 Å². The molecule has 0 fully saturated rings. The molecule has 0 saturated heterocycles. The topological polar surface area (TPSA) is 51.0 Å². The Balaban J connectivity index is 2.06. The number of esters is 1. The van der Waals surface area contributed by atoms with E-state index in [-0.39, 0.29) is 12.2 Å². The molecule has 1 aliphatic rings. The second-order valence-corrected chi connectivity index (χ2v) is 22.9. The van der Waals surface area contributed by atoms with Crippen molar-refractivity contribution in [2.75, 3.05) is 0 Å². The van der Waals surface area contributed by atoms with Gasteiger partial charge in [-0.25, -0.2) is 0 Å². The Kier molecular flexibility index (Phi) is 10.0. The fourth-order valence-corrected chi connectivity index (χ4v) is 22.0. The van der Waals surface area contributed by atoms with E-state index in [1.54, 1.807) is 36.4 Å². The van der Waals surface area contributed by atoms with Crippen LogP contribution in [-0.4, -0.2) is 30.5 Å². The van der Waals surface area contributed by atoms with Crippen molar-refractivity contribution in [2.45, 2.75) is 91.1 Å². The average Bonchev–Trinajstić information content (AvgIpc) is 3.70. The zero-order chi connectivity index (χ0) is 26.2. The molecule has 2 aromatic carbocycles. The molecule has 0 spiro atoms. The Morgan fingerprint density at radius 1 is 0.889 bits per heavy atom. The number of nitrogens with zero attached hydrogens (tertiary/aromatic N) is 2. The van der Waals surface area contributed by atoms with Crippen molar-refractivity contribution in [2.24, 2.45) is 10.2 Å². The normalized spacial score (nSPS) is 14.6. The van der Waals surface area contributed by atoms with Gasteiger partial charge in [0.05, 0.1) is 0 Å². The molecule has 0 radical (unpaired) electrons. The summed E-state index contributed by atoms with van der Waals surface area (Å²) in [4.78, 5) is 12.7. The molecule has 8 heteroatoms. The van der Waals surface area contributed by atoms with Gasteiger partial charge in [-0.2, -0.15) is 0 Å². The number of carbonyl (C=O) groups is 1. The first-order valence-corrected chi connectivity index (χ1v) is 20.6. The van der Waals surface area contributed by atoms with E-state index in [1.807, 2.05) is 6.07 Å². The van der Waals surface area contributed by atoms with E-state index in [1.165, 1.54) is 6.07 Å². The molecule has 1 aliphatic heterocycles. The van der Waals surface area contributed by atoms with Gasteiger partial charge in [0.15, 0.2) is 0 Å². The third-order valence-electron chi connectivity index (χ3n) is 7.17. The van der Waals surface area contributed by atoms with E-state index in [0.717, 1.165) is 61.0 Å². The molecule has 196 valence electrons. The summed E-state index contributed by atoms with van der Waals surface area (Å²) >= 11 is -3.20. The summed E-state index contributed by atoms with van der Waals surface area (Å²) in [6.45, 7) is 6.54. The molecule has 0 N–H and O–H groups in total. The predicted molar refractivity (Wildman–Crippen MR) is 139 cm³/mol. The zero-order valence-corrected chi connectivity index (χ0v) is 24.4. The van der Waals surface area contributed by atoms with Crippen LogP contribution in [0.1, 0.15) is 80.8 Å². The Morgan fingerprint density at radius 2 is 1.44 bits per heavy atom. The van der Waals surface area contributed by atoms with Gasteiger partial charge >= 0.3 is 217 Å². The number of alkyl halides is 3. The summed E-state index contributed by atoms with van der Waals surface area (Å²) in [5.41, 5.74) is -1.05. The number of hydrogen-bond donors (Lipinski definition) is 0. The average molecular weight is 609 g/mol. The van der Waals surface area contributed by atoms with Crippen LogP contribution in [0.15, 0.2) is 58.8 Å². The van der Waals surface area contributed by atoms with Gasteiger partial charge in [0.2, 0.25) is 0 Å². The molecular formula is C28H37F3N2O2Sn. The van der Waals surface area contributed by atoms with Gasteiger partial charge in [0, 0.05) is 0 Å². The van der Waals surface area contributed by atoms with Crippen molar-refractivity contribution >= 4 is 27.9 Å². The third-order valence-corrected chi connectivity index (χ3v) is 23.0. The Bertz CT molecular complexity index is 1010. The molecule has 0 amide bonds. The predicted octanol–water partition coefficient (Wildman–Crippen LogP) is 8.28. The number of ether oxygens (including phenoxy) is 1. The number of carbonyl (C=O) groups excluding carboxylic acids is 1. The molecule has 0 unspecified atom stereocenters. The van der Waals surface area contributed by atoms with Crippen molar-refractivity contribution in [3.8, 4) is 0 Å². The molecule has 0 saturated carbocycles. The third kappa shape index (κ3) is 6.50. The number of unbranched alkanes of at least 4 members (excludes halogenated alkanes) is 3. The molecule has 0 bridgehead atoms. The van der Waals surface area contributed by atoms with Crippen LogP contribution in [-0.2, 0) is 17.0 Å². The van der Waals surface area contributed by atoms with Crippen LogP contribution in [0.4, 0.5) is 13.2 Å². The Morgan fingerprint density at radius 3 is 1.92 bits per heavy atom. The maximum atomic E-state index is 13.9. The number of hydrogen-bond acceptors (Lipinski definition) is 4. The SMILES string of the molecule is CCC[CH2][Sn]([CH2]CCC)([CH2]CCC)[c]1cc(C2(C(F)(F)F)N=N2)ccc1COC(=O)c1ccccc1. The minimum atomic E-state index is -4.57. The van der Waals surface area contributed by atoms with Crippen LogP contribution in [0.25, 0.3) is 0 Å². The van der Waals surface area contributed by atoms with Crippen molar-refractivity contribution < 1.29 is 22.7 Å². The van der Waals surface area contributed by atoms with E-state index in [2.05, 4.69) is 31.0 Å². The van der Waals surface area contributed by atoms with Gasteiger partial charge < -0.3 is 0 Å². The Hall–Kier alpha value is -1.90. The van der Waals surface area contributed by atoms with Crippen LogP contribution in [0, 0.1) is 0 Å². The molecule has 0 atom stereocenters. The number of benzene rings is 2. The number of rotatable bonds is 14. The van der Waals surface area contributed by atoms with Crippen molar-refractivity contribution in [3.63, 3.8) is 0 Å². The van der Waals surface area contributed by atoms with Crippen LogP contribution in [0.3, 0.4) is 0 Å². The van der Waals surface area contributed by atoms with Crippen molar-refractivity contribution in [3.05, 3.63) is 65.2 Å². The van der Waals surface area contributed by atoms with Gasteiger partial charge in [-0.05, 0) is 0 Å². The second kappa shape index (κ2) is 12.6. The summed E-state index contributed by atoms with van der Waals surface area (Å²) in [6.07, 6.45) is 1.77. The van der Waals surface area contributed by atoms with Crippen molar-refractivity contribution in [1.82, 2.24) is 0 Å². The van der Waals surface area contributed by atoms with Gasteiger partial charge in [-0.15, -0.1) is 0 Å². The van der Waals surface area contributed by atoms with Gasteiger partial charge in [-0.1, -0.05) is 0 Å². The summed E-state index contributed by atoms with van der Waals surface area (Å²) in [5, 5.41) is 6.93. The molecule has 3 rings (SSSR count). The monoisotopic (exact) mass is 610 g/mol. The van der Waals surface area contributed by atoms with Gasteiger partial charge in [0.25, 0.3) is 0 Å². The van der Waals surface area contributed by atoms with E-state index in [9.17, 15) is 18.0 Å². The van der Waals surface area contributed by atoms with Crippen LogP contribution in [0.5, 0.6) is 0 Å². The van der Waals surface area contributed by atoms with E-state index in [4.69, 9.17) is 4.74 Å². The molecule has 2 aromatic rings.